The van der Waals surface area contributed by atoms with Crippen LogP contribution in [0.5, 0.6) is 0 Å². The van der Waals surface area contributed by atoms with E-state index in [9.17, 15) is 17.6 Å². The number of benzene rings is 3. The average Bonchev–Trinajstić information content (AvgIpc) is 2.92. The second-order valence-corrected chi connectivity index (χ2v) is 12.8. The molecule has 3 aromatic rings. The van der Waals surface area contributed by atoms with E-state index >= 15 is 0 Å². The molecule has 1 aliphatic heterocycles. The maximum absolute atomic E-state index is 13.2. The van der Waals surface area contributed by atoms with Gasteiger partial charge < -0.3 is 10.1 Å². The van der Waals surface area contributed by atoms with Crippen LogP contribution in [0.25, 0.3) is 11.1 Å². The molecule has 2 N–H and O–H groups in total. The second-order valence-electron chi connectivity index (χ2n) is 11.1. The highest BCUT2D eigenvalue weighted by atomic mass is 32.2. The van der Waals surface area contributed by atoms with E-state index in [1.54, 1.807) is 24.3 Å². The number of hydrogen-bond donors (Lipinski definition) is 2. The van der Waals surface area contributed by atoms with E-state index in [0.29, 0.717) is 25.7 Å². The van der Waals surface area contributed by atoms with Gasteiger partial charge in [0.1, 0.15) is 5.82 Å². The minimum absolute atomic E-state index is 0.0492. The van der Waals surface area contributed by atoms with Gasteiger partial charge in [-0.1, -0.05) is 55.5 Å². The smallest absolute Gasteiger partial charge is 0.240 e. The van der Waals surface area contributed by atoms with Gasteiger partial charge in [0.2, 0.25) is 15.9 Å². The van der Waals surface area contributed by atoms with Gasteiger partial charge in [-0.2, -0.15) is 0 Å². The Morgan fingerprint density at radius 3 is 2.00 bits per heavy atom. The predicted octanol–water partition coefficient (Wildman–Crippen LogP) is 5.50. The maximum atomic E-state index is 13.2. The van der Waals surface area contributed by atoms with Crippen molar-refractivity contribution in [2.24, 2.45) is 5.92 Å². The van der Waals surface area contributed by atoms with Gasteiger partial charge in [0, 0.05) is 17.4 Å². The molecule has 1 unspecified atom stereocenters. The Bertz CT molecular complexity index is 1390. The number of carbonyl (C=O) groups is 1. The highest BCUT2D eigenvalue weighted by Gasteiger charge is 2.35. The molecule has 39 heavy (non-hydrogen) atoms. The monoisotopic (exact) mass is 550 g/mol. The number of rotatable bonds is 8. The molecule has 0 bridgehead atoms. The summed E-state index contributed by atoms with van der Waals surface area (Å²) in [5, 5.41) is 3.00. The third-order valence-corrected chi connectivity index (χ3v) is 9.61. The first-order valence-corrected chi connectivity index (χ1v) is 15.0. The van der Waals surface area contributed by atoms with Crippen molar-refractivity contribution in [1.29, 1.82) is 0 Å². The van der Waals surface area contributed by atoms with Crippen molar-refractivity contribution in [3.63, 3.8) is 0 Å². The molecule has 1 saturated carbocycles. The van der Waals surface area contributed by atoms with Crippen molar-refractivity contribution >= 4 is 15.9 Å². The molecule has 2 aliphatic rings. The van der Waals surface area contributed by atoms with Gasteiger partial charge in [0.25, 0.3) is 0 Å². The van der Waals surface area contributed by atoms with E-state index in [4.69, 9.17) is 4.74 Å². The van der Waals surface area contributed by atoms with Crippen LogP contribution in [0.1, 0.15) is 56.7 Å². The lowest BCUT2D eigenvalue weighted by molar-refractivity contribution is -0.126. The lowest BCUT2D eigenvalue weighted by atomic mass is 9.80. The van der Waals surface area contributed by atoms with Gasteiger partial charge in [-0.25, -0.2) is 17.5 Å². The molecule has 0 radical (unpaired) electrons. The first kappa shape index (κ1) is 27.5. The van der Waals surface area contributed by atoms with Crippen LogP contribution >= 0.6 is 0 Å². The zero-order valence-corrected chi connectivity index (χ0v) is 23.1. The minimum Gasteiger partial charge on any atom is -0.379 e. The molecule has 0 aromatic heterocycles. The van der Waals surface area contributed by atoms with Crippen LogP contribution in [0, 0.1) is 11.7 Å². The summed E-state index contributed by atoms with van der Waals surface area (Å²) in [6, 6.07) is 21.0. The Labute approximate surface area is 230 Å². The first-order valence-electron chi connectivity index (χ1n) is 13.5. The number of ether oxygens (including phenoxy) is 1. The second kappa shape index (κ2) is 11.2. The molecular weight excluding hydrogens is 515 g/mol. The van der Waals surface area contributed by atoms with Gasteiger partial charge in [-0.15, -0.1) is 0 Å². The number of sulfonamides is 1. The summed E-state index contributed by atoms with van der Waals surface area (Å²) < 4.78 is 47.5. The summed E-state index contributed by atoms with van der Waals surface area (Å²) in [6.07, 6.45) is 2.40. The molecule has 8 heteroatoms. The van der Waals surface area contributed by atoms with Crippen LogP contribution in [-0.4, -0.2) is 33.6 Å². The largest absolute Gasteiger partial charge is 0.379 e. The van der Waals surface area contributed by atoms with E-state index in [1.807, 2.05) is 19.1 Å². The van der Waals surface area contributed by atoms with E-state index < -0.39 is 10.0 Å². The molecule has 1 atom stereocenters. The zero-order valence-electron chi connectivity index (χ0n) is 22.3. The maximum Gasteiger partial charge on any atom is 0.240 e. The molecule has 1 aliphatic carbocycles. The molecule has 206 valence electrons. The summed E-state index contributed by atoms with van der Waals surface area (Å²) in [4.78, 5) is 13.0. The average molecular weight is 551 g/mol. The molecule has 5 rings (SSSR count). The lowest BCUT2D eigenvalue weighted by Crippen LogP contribution is -2.43. The zero-order chi connectivity index (χ0) is 27.6. The van der Waals surface area contributed by atoms with Crippen LogP contribution in [0.15, 0.2) is 77.7 Å². The molecule has 1 heterocycles. The molecule has 2 fully saturated rings. The Morgan fingerprint density at radius 2 is 1.46 bits per heavy atom. The normalized spacial score (nSPS) is 21.5. The SMILES string of the molecule is CC(NC(=O)C1CCC(NS(=O)(=O)c2ccc(-c3ccc(C4(C)COC4)cc3)cc2)CC1)c1ccc(F)cc1. The lowest BCUT2D eigenvalue weighted by Gasteiger charge is -2.38. The molecule has 0 spiro atoms. The molecule has 1 amide bonds. The summed E-state index contributed by atoms with van der Waals surface area (Å²) in [5.41, 5.74) is 4.15. The number of hydrogen-bond acceptors (Lipinski definition) is 4. The Kier molecular flexibility index (Phi) is 7.89. The summed E-state index contributed by atoms with van der Waals surface area (Å²) >= 11 is 0. The number of nitrogens with one attached hydrogen (secondary N) is 2. The van der Waals surface area contributed by atoms with Crippen LogP contribution in [0.2, 0.25) is 0 Å². The molecule has 3 aromatic carbocycles. The fraction of sp³-hybridized carbons (Fsp3) is 0.387. The van der Waals surface area contributed by atoms with Crippen molar-refractivity contribution in [3.8, 4) is 11.1 Å². The van der Waals surface area contributed by atoms with Crippen molar-refractivity contribution in [1.82, 2.24) is 10.0 Å². The summed E-state index contributed by atoms with van der Waals surface area (Å²) in [6.45, 7) is 5.53. The van der Waals surface area contributed by atoms with Gasteiger partial charge in [-0.05, 0) is 79.1 Å². The first-order chi connectivity index (χ1) is 18.6. The summed E-state index contributed by atoms with van der Waals surface area (Å²) in [7, 11) is -3.67. The standard InChI is InChI=1S/C31H35FN2O4S/c1-21(22-5-13-27(32)14-6-22)33-30(35)25-7-15-28(16-8-25)34-39(36,37)29-17-9-24(10-18-29)23-3-11-26(12-4-23)31(2)19-38-20-31/h3-6,9-14,17-18,21,25,28,34H,7-8,15-16,19-20H2,1-2H3,(H,33,35). The van der Waals surface area contributed by atoms with E-state index in [0.717, 1.165) is 29.9 Å². The number of amides is 1. The Balaban J connectivity index is 1.13. The third kappa shape index (κ3) is 6.24. The van der Waals surface area contributed by atoms with Gasteiger partial charge in [-0.3, -0.25) is 4.79 Å². The van der Waals surface area contributed by atoms with E-state index in [2.05, 4.69) is 41.2 Å². The Hall–Kier alpha value is -3.07. The van der Waals surface area contributed by atoms with Crippen molar-refractivity contribution < 1.29 is 22.3 Å². The highest BCUT2D eigenvalue weighted by Crippen LogP contribution is 2.33. The topological polar surface area (TPSA) is 84.5 Å². The molecule has 1 saturated heterocycles. The number of carbonyl (C=O) groups excluding carboxylic acids is 1. The Morgan fingerprint density at radius 1 is 0.897 bits per heavy atom. The fourth-order valence-electron chi connectivity index (χ4n) is 5.39. The quantitative estimate of drug-likeness (QED) is 0.388. The van der Waals surface area contributed by atoms with Crippen molar-refractivity contribution in [2.45, 2.75) is 61.9 Å². The van der Waals surface area contributed by atoms with Crippen LogP contribution in [0.4, 0.5) is 4.39 Å². The van der Waals surface area contributed by atoms with Crippen LogP contribution < -0.4 is 10.0 Å². The van der Waals surface area contributed by atoms with Crippen LogP contribution in [0.3, 0.4) is 0 Å². The van der Waals surface area contributed by atoms with E-state index in [1.165, 1.54) is 17.7 Å². The predicted molar refractivity (Wildman–Crippen MR) is 149 cm³/mol. The van der Waals surface area contributed by atoms with Gasteiger partial charge in [0.15, 0.2) is 0 Å². The minimum atomic E-state index is -3.67. The summed E-state index contributed by atoms with van der Waals surface area (Å²) in [5.74, 6) is -0.529. The highest BCUT2D eigenvalue weighted by molar-refractivity contribution is 7.89. The van der Waals surface area contributed by atoms with Crippen LogP contribution in [-0.2, 0) is 25.0 Å². The van der Waals surface area contributed by atoms with Gasteiger partial charge in [0.05, 0.1) is 24.2 Å². The van der Waals surface area contributed by atoms with Gasteiger partial charge >= 0.3 is 0 Å². The number of halogens is 1. The fourth-order valence-corrected chi connectivity index (χ4v) is 6.70. The van der Waals surface area contributed by atoms with Crippen molar-refractivity contribution in [2.75, 3.05) is 13.2 Å². The molecule has 6 nitrogen and oxygen atoms in total. The van der Waals surface area contributed by atoms with Crippen molar-refractivity contribution in [3.05, 3.63) is 89.7 Å². The molecular formula is C31H35FN2O4S. The van der Waals surface area contributed by atoms with E-state index in [-0.39, 0.29) is 40.0 Å². The third-order valence-electron chi connectivity index (χ3n) is 8.07.